The lowest BCUT2D eigenvalue weighted by atomic mass is 10.0. The summed E-state index contributed by atoms with van der Waals surface area (Å²) in [6, 6.07) is 6.08. The van der Waals surface area contributed by atoms with Crippen molar-refractivity contribution in [2.75, 3.05) is 0 Å². The Bertz CT molecular complexity index is 281. The standard InChI is InChI=1S/C11H16ClN/c1-8(2)5-10-4-3-9(7-13)6-11(10)12/h3-4,6,8H,5,7,13H2,1-2H3. The van der Waals surface area contributed by atoms with E-state index in [0.29, 0.717) is 12.5 Å². The molecular formula is C11H16ClN. The van der Waals surface area contributed by atoms with Crippen LogP contribution in [0.15, 0.2) is 18.2 Å². The van der Waals surface area contributed by atoms with E-state index in [-0.39, 0.29) is 0 Å². The zero-order chi connectivity index (χ0) is 9.84. The first-order valence-electron chi connectivity index (χ1n) is 4.61. The molecule has 13 heavy (non-hydrogen) atoms. The van der Waals surface area contributed by atoms with Crippen molar-refractivity contribution in [2.45, 2.75) is 26.8 Å². The van der Waals surface area contributed by atoms with Gasteiger partial charge in [-0.15, -0.1) is 0 Å². The highest BCUT2D eigenvalue weighted by Gasteiger charge is 2.03. The van der Waals surface area contributed by atoms with Crippen molar-refractivity contribution in [3.8, 4) is 0 Å². The summed E-state index contributed by atoms with van der Waals surface area (Å²) < 4.78 is 0. The van der Waals surface area contributed by atoms with Crippen molar-refractivity contribution < 1.29 is 0 Å². The van der Waals surface area contributed by atoms with Crippen LogP contribution >= 0.6 is 11.6 Å². The van der Waals surface area contributed by atoms with Crippen LogP contribution in [-0.4, -0.2) is 0 Å². The van der Waals surface area contributed by atoms with Crippen LogP contribution < -0.4 is 5.73 Å². The smallest absolute Gasteiger partial charge is 0.0441 e. The average molecular weight is 198 g/mol. The number of nitrogens with two attached hydrogens (primary N) is 1. The molecule has 0 amide bonds. The molecule has 0 fully saturated rings. The van der Waals surface area contributed by atoms with Gasteiger partial charge < -0.3 is 5.73 Å². The molecule has 1 nitrogen and oxygen atoms in total. The van der Waals surface area contributed by atoms with Crippen molar-refractivity contribution in [1.29, 1.82) is 0 Å². The minimum Gasteiger partial charge on any atom is -0.326 e. The Morgan fingerprint density at radius 3 is 2.54 bits per heavy atom. The maximum atomic E-state index is 6.10. The van der Waals surface area contributed by atoms with Crippen molar-refractivity contribution in [2.24, 2.45) is 11.7 Å². The lowest BCUT2D eigenvalue weighted by Crippen LogP contribution is -1.99. The van der Waals surface area contributed by atoms with Gasteiger partial charge in [-0.05, 0) is 29.5 Å². The molecule has 0 aliphatic heterocycles. The van der Waals surface area contributed by atoms with E-state index >= 15 is 0 Å². The molecule has 0 unspecified atom stereocenters. The topological polar surface area (TPSA) is 26.0 Å². The molecule has 2 N–H and O–H groups in total. The number of hydrogen-bond acceptors (Lipinski definition) is 1. The van der Waals surface area contributed by atoms with E-state index in [1.807, 2.05) is 12.1 Å². The summed E-state index contributed by atoms with van der Waals surface area (Å²) in [7, 11) is 0. The van der Waals surface area contributed by atoms with Crippen molar-refractivity contribution in [1.82, 2.24) is 0 Å². The zero-order valence-corrected chi connectivity index (χ0v) is 8.93. The Hall–Kier alpha value is -0.530. The fraction of sp³-hybridized carbons (Fsp3) is 0.455. The first-order valence-corrected chi connectivity index (χ1v) is 4.98. The Balaban J connectivity index is 2.85. The van der Waals surface area contributed by atoms with Gasteiger partial charge in [-0.1, -0.05) is 37.6 Å². The highest BCUT2D eigenvalue weighted by Crippen LogP contribution is 2.20. The number of rotatable bonds is 3. The maximum Gasteiger partial charge on any atom is 0.0441 e. The summed E-state index contributed by atoms with van der Waals surface area (Å²) in [4.78, 5) is 0. The van der Waals surface area contributed by atoms with Crippen LogP contribution in [0.1, 0.15) is 25.0 Å². The van der Waals surface area contributed by atoms with Crippen LogP contribution in [0.5, 0.6) is 0 Å². The minimum absolute atomic E-state index is 0.557. The molecule has 0 bridgehead atoms. The van der Waals surface area contributed by atoms with Crippen molar-refractivity contribution >= 4 is 11.6 Å². The Kier molecular flexibility index (Phi) is 3.76. The van der Waals surface area contributed by atoms with Crippen molar-refractivity contribution in [3.63, 3.8) is 0 Å². The molecule has 72 valence electrons. The van der Waals surface area contributed by atoms with Crippen LogP contribution in [0, 0.1) is 5.92 Å². The summed E-state index contributed by atoms with van der Waals surface area (Å²) in [6.45, 7) is 4.93. The normalized spacial score (nSPS) is 10.8. The second-order valence-corrected chi connectivity index (χ2v) is 4.14. The molecule has 1 aromatic rings. The number of hydrogen-bond donors (Lipinski definition) is 1. The lowest BCUT2D eigenvalue weighted by molar-refractivity contribution is 0.647. The van der Waals surface area contributed by atoms with E-state index in [4.69, 9.17) is 17.3 Å². The van der Waals surface area contributed by atoms with Gasteiger partial charge in [-0.2, -0.15) is 0 Å². The SMILES string of the molecule is CC(C)Cc1ccc(CN)cc1Cl. The third-order valence-corrected chi connectivity index (χ3v) is 2.33. The van der Waals surface area contributed by atoms with Crippen LogP contribution in [0.3, 0.4) is 0 Å². The molecule has 0 aliphatic carbocycles. The van der Waals surface area contributed by atoms with Gasteiger partial charge in [0.05, 0.1) is 0 Å². The Morgan fingerprint density at radius 2 is 2.08 bits per heavy atom. The van der Waals surface area contributed by atoms with Gasteiger partial charge >= 0.3 is 0 Å². The molecule has 1 aromatic carbocycles. The van der Waals surface area contributed by atoms with E-state index < -0.39 is 0 Å². The summed E-state index contributed by atoms with van der Waals surface area (Å²) in [5, 5.41) is 0.844. The predicted molar refractivity (Wildman–Crippen MR) is 57.9 cm³/mol. The van der Waals surface area contributed by atoms with Gasteiger partial charge in [0, 0.05) is 11.6 Å². The van der Waals surface area contributed by atoms with E-state index in [1.165, 1.54) is 5.56 Å². The van der Waals surface area contributed by atoms with Crippen molar-refractivity contribution in [3.05, 3.63) is 34.3 Å². The quantitative estimate of drug-likeness (QED) is 0.792. The van der Waals surface area contributed by atoms with Gasteiger partial charge in [-0.3, -0.25) is 0 Å². The van der Waals surface area contributed by atoms with Crippen LogP contribution in [0.25, 0.3) is 0 Å². The van der Waals surface area contributed by atoms with Gasteiger partial charge in [0.2, 0.25) is 0 Å². The fourth-order valence-corrected chi connectivity index (χ4v) is 1.60. The summed E-state index contributed by atoms with van der Waals surface area (Å²) in [5.74, 6) is 0.640. The molecule has 0 aliphatic rings. The molecule has 0 saturated heterocycles. The number of halogens is 1. The molecule has 0 atom stereocenters. The highest BCUT2D eigenvalue weighted by molar-refractivity contribution is 6.31. The molecule has 0 radical (unpaired) electrons. The van der Waals surface area contributed by atoms with E-state index in [1.54, 1.807) is 0 Å². The van der Waals surface area contributed by atoms with Gasteiger partial charge in [0.25, 0.3) is 0 Å². The predicted octanol–water partition coefficient (Wildman–Crippen LogP) is 3.00. The maximum absolute atomic E-state index is 6.10. The second-order valence-electron chi connectivity index (χ2n) is 3.73. The average Bonchev–Trinajstić information content (AvgIpc) is 2.08. The van der Waals surface area contributed by atoms with E-state index in [2.05, 4.69) is 19.9 Å². The first kappa shape index (κ1) is 10.6. The number of benzene rings is 1. The second kappa shape index (κ2) is 4.64. The Morgan fingerprint density at radius 1 is 1.38 bits per heavy atom. The third-order valence-electron chi connectivity index (χ3n) is 1.98. The highest BCUT2D eigenvalue weighted by atomic mass is 35.5. The zero-order valence-electron chi connectivity index (χ0n) is 8.18. The summed E-state index contributed by atoms with van der Waals surface area (Å²) in [6.07, 6.45) is 1.03. The van der Waals surface area contributed by atoms with Crippen LogP contribution in [0.4, 0.5) is 0 Å². The van der Waals surface area contributed by atoms with Gasteiger partial charge in [0.1, 0.15) is 0 Å². The van der Waals surface area contributed by atoms with Gasteiger partial charge in [0.15, 0.2) is 0 Å². The molecule has 0 spiro atoms. The Labute approximate surface area is 84.9 Å². The minimum atomic E-state index is 0.557. The molecule has 1 rings (SSSR count). The largest absolute Gasteiger partial charge is 0.326 e. The fourth-order valence-electron chi connectivity index (χ4n) is 1.32. The molecule has 2 heteroatoms. The molecule has 0 aromatic heterocycles. The summed E-state index contributed by atoms with van der Waals surface area (Å²) in [5.41, 5.74) is 7.82. The van der Waals surface area contributed by atoms with E-state index in [0.717, 1.165) is 17.0 Å². The van der Waals surface area contributed by atoms with Crippen LogP contribution in [-0.2, 0) is 13.0 Å². The van der Waals surface area contributed by atoms with E-state index in [9.17, 15) is 0 Å². The molecule has 0 heterocycles. The monoisotopic (exact) mass is 197 g/mol. The molecular weight excluding hydrogens is 182 g/mol. The molecule has 0 saturated carbocycles. The van der Waals surface area contributed by atoms with Crippen LogP contribution in [0.2, 0.25) is 5.02 Å². The first-order chi connectivity index (χ1) is 6.13. The lowest BCUT2D eigenvalue weighted by Gasteiger charge is -2.08. The summed E-state index contributed by atoms with van der Waals surface area (Å²) >= 11 is 6.10. The third kappa shape index (κ3) is 3.02. The van der Waals surface area contributed by atoms with Gasteiger partial charge in [-0.25, -0.2) is 0 Å².